The molecule has 0 bridgehead atoms. The number of carboxylic acids is 1. The molecule has 0 unspecified atom stereocenters. The largest absolute Gasteiger partial charge is 0.481 e. The van der Waals surface area contributed by atoms with Gasteiger partial charge in [0, 0.05) is 13.0 Å². The number of aliphatic hydroxyl groups is 2. The normalized spacial score (nSPS) is 12.4. The molecule has 0 fully saturated rings. The molecule has 0 amide bonds. The lowest BCUT2D eigenvalue weighted by Gasteiger charge is -2.08. The number of aliphatic carboxylic acids is 1. The maximum Gasteiger partial charge on any atom is 0.303 e. The second-order valence-electron chi connectivity index (χ2n) is 6.30. The van der Waals surface area contributed by atoms with Crippen LogP contribution in [-0.4, -0.2) is 47.2 Å². The summed E-state index contributed by atoms with van der Waals surface area (Å²) in [5.41, 5.74) is 0. The van der Waals surface area contributed by atoms with Gasteiger partial charge in [-0.3, -0.25) is 4.79 Å². The zero-order chi connectivity index (χ0) is 17.2. The summed E-state index contributed by atoms with van der Waals surface area (Å²) in [7, 11) is 0. The van der Waals surface area contributed by atoms with Crippen LogP contribution >= 0.6 is 0 Å². The maximum absolute atomic E-state index is 10.3. The average molecular weight is 332 g/mol. The highest BCUT2D eigenvalue weighted by Gasteiger charge is 2.00. The van der Waals surface area contributed by atoms with E-state index in [0.29, 0.717) is 13.0 Å². The number of ether oxygens (including phenoxy) is 1. The number of carbonyl (C=O) groups is 1. The number of hydrogen-bond acceptors (Lipinski definition) is 4. The van der Waals surface area contributed by atoms with Crippen molar-refractivity contribution in [3.63, 3.8) is 0 Å². The number of hydrogen-bond donors (Lipinski definition) is 3. The third kappa shape index (κ3) is 19.3. The molecule has 0 aliphatic carbocycles. The van der Waals surface area contributed by atoms with Crippen LogP contribution in [0.4, 0.5) is 0 Å². The molecule has 0 aliphatic rings. The van der Waals surface area contributed by atoms with Crippen LogP contribution in [0.1, 0.15) is 83.5 Å². The smallest absolute Gasteiger partial charge is 0.303 e. The summed E-state index contributed by atoms with van der Waals surface area (Å²) in [5.74, 6) is -0.681. The minimum absolute atomic E-state index is 0.229. The van der Waals surface area contributed by atoms with Gasteiger partial charge in [-0.1, -0.05) is 64.2 Å². The molecule has 3 N–H and O–H groups in total. The molecule has 0 saturated heterocycles. The van der Waals surface area contributed by atoms with E-state index in [1.807, 2.05) is 0 Å². The first-order valence-electron chi connectivity index (χ1n) is 9.25. The van der Waals surface area contributed by atoms with Gasteiger partial charge in [0.2, 0.25) is 0 Å². The monoisotopic (exact) mass is 332 g/mol. The van der Waals surface area contributed by atoms with Gasteiger partial charge in [-0.15, -0.1) is 0 Å². The highest BCUT2D eigenvalue weighted by molar-refractivity contribution is 5.66. The van der Waals surface area contributed by atoms with E-state index in [2.05, 4.69) is 0 Å². The zero-order valence-electron chi connectivity index (χ0n) is 14.5. The van der Waals surface area contributed by atoms with Crippen molar-refractivity contribution in [1.82, 2.24) is 0 Å². The van der Waals surface area contributed by atoms with Gasteiger partial charge in [0.05, 0.1) is 13.2 Å². The summed E-state index contributed by atoms with van der Waals surface area (Å²) in [4.78, 5) is 10.3. The third-order valence-corrected chi connectivity index (χ3v) is 3.95. The highest BCUT2D eigenvalue weighted by Crippen LogP contribution is 2.12. The molecule has 138 valence electrons. The van der Waals surface area contributed by atoms with Crippen molar-refractivity contribution in [3.05, 3.63) is 0 Å². The summed E-state index contributed by atoms with van der Waals surface area (Å²) in [5, 5.41) is 26.2. The standard InChI is InChI=1S/C18H36O5/c19-15-17(20)16-23-14-12-10-8-6-4-2-1-3-5-7-9-11-13-18(21)22/h17,19-20H,1-16H2,(H,21,22)/t17-/m0/s1. The summed E-state index contributed by atoms with van der Waals surface area (Å²) in [6, 6.07) is 0. The van der Waals surface area contributed by atoms with Gasteiger partial charge in [-0.05, 0) is 12.8 Å². The lowest BCUT2D eigenvalue weighted by Crippen LogP contribution is -2.19. The Hall–Kier alpha value is -0.650. The summed E-state index contributed by atoms with van der Waals surface area (Å²) in [6.07, 6.45) is 13.7. The third-order valence-electron chi connectivity index (χ3n) is 3.95. The van der Waals surface area contributed by atoms with E-state index in [4.69, 9.17) is 20.1 Å². The van der Waals surface area contributed by atoms with Crippen LogP contribution in [0, 0.1) is 0 Å². The van der Waals surface area contributed by atoms with E-state index in [9.17, 15) is 4.79 Å². The summed E-state index contributed by atoms with van der Waals surface area (Å²) < 4.78 is 5.26. The molecule has 5 nitrogen and oxygen atoms in total. The van der Waals surface area contributed by atoms with Gasteiger partial charge in [0.15, 0.2) is 0 Å². The maximum atomic E-state index is 10.3. The van der Waals surface area contributed by atoms with E-state index < -0.39 is 12.1 Å². The molecule has 0 radical (unpaired) electrons. The quantitative estimate of drug-likeness (QED) is 0.334. The SMILES string of the molecule is O=C(O)CCCCCCCCCCCCCCOC[C@@H](O)CO. The van der Waals surface area contributed by atoms with E-state index in [1.54, 1.807) is 0 Å². The second-order valence-corrected chi connectivity index (χ2v) is 6.30. The highest BCUT2D eigenvalue weighted by atomic mass is 16.5. The van der Waals surface area contributed by atoms with Gasteiger partial charge >= 0.3 is 5.97 Å². The molecular weight excluding hydrogens is 296 g/mol. The first-order valence-corrected chi connectivity index (χ1v) is 9.25. The van der Waals surface area contributed by atoms with Gasteiger partial charge in [-0.2, -0.15) is 0 Å². The summed E-state index contributed by atoms with van der Waals surface area (Å²) in [6.45, 7) is 0.661. The number of unbranched alkanes of at least 4 members (excludes halogenated alkanes) is 11. The first kappa shape index (κ1) is 22.4. The Balaban J connectivity index is 3.01. The molecule has 0 spiro atoms. The number of carboxylic acid groups (broad SMARTS) is 1. The van der Waals surface area contributed by atoms with Crippen molar-refractivity contribution in [1.29, 1.82) is 0 Å². The minimum Gasteiger partial charge on any atom is -0.481 e. The molecule has 0 aliphatic heterocycles. The molecule has 0 rings (SSSR count). The van der Waals surface area contributed by atoms with Crippen molar-refractivity contribution in [2.75, 3.05) is 19.8 Å². The Morgan fingerprint density at radius 3 is 1.65 bits per heavy atom. The van der Waals surface area contributed by atoms with E-state index in [0.717, 1.165) is 25.7 Å². The first-order chi connectivity index (χ1) is 11.2. The fourth-order valence-corrected chi connectivity index (χ4v) is 2.52. The lowest BCUT2D eigenvalue weighted by molar-refractivity contribution is -0.137. The zero-order valence-corrected chi connectivity index (χ0v) is 14.5. The van der Waals surface area contributed by atoms with Crippen molar-refractivity contribution >= 4 is 5.97 Å². The van der Waals surface area contributed by atoms with Crippen LogP contribution in [-0.2, 0) is 9.53 Å². The van der Waals surface area contributed by atoms with Crippen molar-refractivity contribution in [2.24, 2.45) is 0 Å². The van der Waals surface area contributed by atoms with Crippen molar-refractivity contribution in [2.45, 2.75) is 89.6 Å². The Morgan fingerprint density at radius 2 is 1.22 bits per heavy atom. The van der Waals surface area contributed by atoms with Gasteiger partial charge in [0.25, 0.3) is 0 Å². The van der Waals surface area contributed by atoms with Gasteiger partial charge < -0.3 is 20.1 Å². The van der Waals surface area contributed by atoms with E-state index in [-0.39, 0.29) is 13.2 Å². The van der Waals surface area contributed by atoms with Gasteiger partial charge in [-0.25, -0.2) is 0 Å². The molecule has 0 aromatic rings. The van der Waals surface area contributed by atoms with Crippen LogP contribution in [0.15, 0.2) is 0 Å². The Kier molecular flexibility index (Phi) is 17.2. The molecule has 0 saturated carbocycles. The van der Waals surface area contributed by atoms with E-state index >= 15 is 0 Å². The molecule has 0 heterocycles. The van der Waals surface area contributed by atoms with Crippen LogP contribution in [0.2, 0.25) is 0 Å². The van der Waals surface area contributed by atoms with E-state index in [1.165, 1.54) is 51.4 Å². The van der Waals surface area contributed by atoms with Crippen LogP contribution in [0.5, 0.6) is 0 Å². The topological polar surface area (TPSA) is 87.0 Å². The molecule has 0 aromatic carbocycles. The van der Waals surface area contributed by atoms with Crippen LogP contribution in [0.25, 0.3) is 0 Å². The lowest BCUT2D eigenvalue weighted by atomic mass is 10.0. The molecule has 23 heavy (non-hydrogen) atoms. The second kappa shape index (κ2) is 17.7. The Labute approximate surface area is 141 Å². The van der Waals surface area contributed by atoms with Crippen LogP contribution < -0.4 is 0 Å². The average Bonchev–Trinajstić information content (AvgIpc) is 2.53. The minimum atomic E-state index is -0.743. The fourth-order valence-electron chi connectivity index (χ4n) is 2.52. The predicted molar refractivity (Wildman–Crippen MR) is 91.6 cm³/mol. The summed E-state index contributed by atoms with van der Waals surface area (Å²) >= 11 is 0. The molecule has 0 aromatic heterocycles. The van der Waals surface area contributed by atoms with Crippen LogP contribution in [0.3, 0.4) is 0 Å². The number of rotatable bonds is 18. The van der Waals surface area contributed by atoms with Crippen molar-refractivity contribution < 1.29 is 24.9 Å². The predicted octanol–water partition coefficient (Wildman–Crippen LogP) is 3.51. The Bertz CT molecular complexity index is 258. The van der Waals surface area contributed by atoms with Crippen molar-refractivity contribution in [3.8, 4) is 0 Å². The molecular formula is C18H36O5. The van der Waals surface area contributed by atoms with Gasteiger partial charge in [0.1, 0.15) is 6.10 Å². The Morgan fingerprint density at radius 1 is 0.783 bits per heavy atom. The molecule has 1 atom stereocenters. The number of aliphatic hydroxyl groups excluding tert-OH is 2. The molecule has 5 heteroatoms. The fraction of sp³-hybridized carbons (Fsp3) is 0.944.